The minimum absolute atomic E-state index is 0.0962. The molecule has 2 fully saturated rings. The molecule has 2 aliphatic heterocycles. The quantitative estimate of drug-likeness (QED) is 0.312. The van der Waals surface area contributed by atoms with Gasteiger partial charge >= 0.3 is 0 Å². The molecule has 2 heterocycles. The molecule has 0 bridgehead atoms. The number of aliphatic hydroxyl groups is 3. The molecular weight excluding hydrogens is 395 g/mol. The van der Waals surface area contributed by atoms with Gasteiger partial charge in [-0.25, -0.2) is 4.39 Å². The first-order valence-corrected chi connectivity index (χ1v) is 10.3. The topological polar surface area (TPSA) is 117 Å². The number of carbonyl (C=O) groups is 2. The maximum Gasteiger partial charge on any atom is 0.170 e. The second-order valence-electron chi connectivity index (χ2n) is 8.48. The number of rotatable bonds is 9. The standard InChI is InChI=1S/C22H29FO7/c1-12(13(2)24)20-19(30-20)11-22(21(28)17(26)6-7-29-22)10-16(25)9-18(27)14-4-3-5-15(23)8-14/h3-5,8,12-13,17,19-21,24,26,28H,6-7,9-11H2,1-2H3/t12-,13-,17?,19-,20-,21?,22+/m0/s1. The second kappa shape index (κ2) is 9.20. The van der Waals surface area contributed by atoms with E-state index in [4.69, 9.17) is 9.47 Å². The van der Waals surface area contributed by atoms with E-state index in [1.165, 1.54) is 18.2 Å². The van der Waals surface area contributed by atoms with Crippen molar-refractivity contribution >= 4 is 11.6 Å². The van der Waals surface area contributed by atoms with Crippen molar-refractivity contribution in [3.63, 3.8) is 0 Å². The summed E-state index contributed by atoms with van der Waals surface area (Å²) in [6.07, 6.45) is -3.86. The Balaban J connectivity index is 1.70. The van der Waals surface area contributed by atoms with Gasteiger partial charge in [0.1, 0.15) is 23.3 Å². The highest BCUT2D eigenvalue weighted by Gasteiger charge is 2.55. The third-order valence-electron chi connectivity index (χ3n) is 6.15. The Morgan fingerprint density at radius 3 is 2.70 bits per heavy atom. The smallest absolute Gasteiger partial charge is 0.170 e. The monoisotopic (exact) mass is 424 g/mol. The lowest BCUT2D eigenvalue weighted by atomic mass is 9.79. The second-order valence-corrected chi connectivity index (χ2v) is 8.48. The third-order valence-corrected chi connectivity index (χ3v) is 6.15. The molecule has 0 aliphatic carbocycles. The number of halogens is 1. The highest BCUT2D eigenvalue weighted by atomic mass is 19.1. The first-order chi connectivity index (χ1) is 14.1. The van der Waals surface area contributed by atoms with Gasteiger partial charge in [0.2, 0.25) is 0 Å². The Hall–Kier alpha value is -1.71. The van der Waals surface area contributed by atoms with Crippen LogP contribution in [0.4, 0.5) is 4.39 Å². The number of epoxide rings is 1. The molecule has 2 unspecified atom stereocenters. The number of Topliss-reactive ketones (excluding diaryl/α,β-unsaturated/α-hetero) is 2. The number of carbonyl (C=O) groups excluding carboxylic acids is 2. The Morgan fingerprint density at radius 2 is 2.03 bits per heavy atom. The normalized spacial score (nSPS) is 33.0. The van der Waals surface area contributed by atoms with Crippen LogP contribution in [0.3, 0.4) is 0 Å². The van der Waals surface area contributed by atoms with Gasteiger partial charge in [-0.2, -0.15) is 0 Å². The molecule has 2 aliphatic rings. The first kappa shape index (κ1) is 23.0. The molecule has 7 atom stereocenters. The van der Waals surface area contributed by atoms with E-state index in [1.54, 1.807) is 6.92 Å². The maximum absolute atomic E-state index is 13.4. The molecule has 166 valence electrons. The average molecular weight is 424 g/mol. The SMILES string of the molecule is C[C@H]([C@@H]1O[C@H]1C[C@@]1(CC(=O)CC(=O)c2cccc(F)c2)OCCC(O)C1O)[C@H](C)O. The molecule has 3 N–H and O–H groups in total. The fourth-order valence-corrected chi connectivity index (χ4v) is 4.12. The number of ether oxygens (including phenoxy) is 2. The van der Waals surface area contributed by atoms with Crippen LogP contribution in [0.15, 0.2) is 24.3 Å². The van der Waals surface area contributed by atoms with Crippen LogP contribution in [0.1, 0.15) is 49.9 Å². The molecule has 1 aromatic rings. The van der Waals surface area contributed by atoms with Gasteiger partial charge in [0, 0.05) is 24.3 Å². The van der Waals surface area contributed by atoms with E-state index < -0.39 is 47.7 Å². The molecule has 2 saturated heterocycles. The van der Waals surface area contributed by atoms with E-state index >= 15 is 0 Å². The van der Waals surface area contributed by atoms with Crippen LogP contribution in [0.25, 0.3) is 0 Å². The van der Waals surface area contributed by atoms with E-state index in [-0.39, 0.29) is 49.6 Å². The van der Waals surface area contributed by atoms with Gasteiger partial charge in [-0.15, -0.1) is 0 Å². The van der Waals surface area contributed by atoms with Crippen molar-refractivity contribution in [3.05, 3.63) is 35.6 Å². The van der Waals surface area contributed by atoms with Crippen LogP contribution in [0.5, 0.6) is 0 Å². The summed E-state index contributed by atoms with van der Waals surface area (Å²) in [5, 5.41) is 30.6. The zero-order valence-electron chi connectivity index (χ0n) is 17.2. The molecule has 7 nitrogen and oxygen atoms in total. The average Bonchev–Trinajstić information content (AvgIpc) is 3.43. The van der Waals surface area contributed by atoms with Crippen molar-refractivity contribution in [3.8, 4) is 0 Å². The van der Waals surface area contributed by atoms with Crippen molar-refractivity contribution in [1.29, 1.82) is 0 Å². The summed E-state index contributed by atoms with van der Waals surface area (Å²) >= 11 is 0. The fraction of sp³-hybridized carbons (Fsp3) is 0.636. The molecular formula is C22H29FO7. The third kappa shape index (κ3) is 5.12. The number of hydrogen-bond donors (Lipinski definition) is 3. The molecule has 8 heteroatoms. The molecule has 0 amide bonds. The molecule has 1 aromatic carbocycles. The molecule has 0 radical (unpaired) electrons. The van der Waals surface area contributed by atoms with Crippen molar-refractivity contribution < 1.29 is 38.8 Å². The number of benzene rings is 1. The molecule has 0 aromatic heterocycles. The van der Waals surface area contributed by atoms with Crippen LogP contribution < -0.4 is 0 Å². The van der Waals surface area contributed by atoms with Crippen LogP contribution in [-0.2, 0) is 14.3 Å². The van der Waals surface area contributed by atoms with Gasteiger partial charge < -0.3 is 24.8 Å². The van der Waals surface area contributed by atoms with E-state index in [0.717, 1.165) is 6.07 Å². The Morgan fingerprint density at radius 1 is 1.30 bits per heavy atom. The largest absolute Gasteiger partial charge is 0.393 e. The van der Waals surface area contributed by atoms with Crippen LogP contribution in [0.2, 0.25) is 0 Å². The summed E-state index contributed by atoms with van der Waals surface area (Å²) in [6.45, 7) is 3.67. The lowest BCUT2D eigenvalue weighted by Crippen LogP contribution is -2.57. The summed E-state index contributed by atoms with van der Waals surface area (Å²) < 4.78 is 24.8. The van der Waals surface area contributed by atoms with E-state index in [2.05, 4.69) is 0 Å². The lowest BCUT2D eigenvalue weighted by Gasteiger charge is -2.43. The van der Waals surface area contributed by atoms with Gasteiger partial charge in [-0.3, -0.25) is 9.59 Å². The van der Waals surface area contributed by atoms with Crippen LogP contribution >= 0.6 is 0 Å². The summed E-state index contributed by atoms with van der Waals surface area (Å²) in [7, 11) is 0. The minimum atomic E-state index is -1.38. The highest BCUT2D eigenvalue weighted by molar-refractivity contribution is 6.08. The van der Waals surface area contributed by atoms with Crippen molar-refractivity contribution in [2.45, 2.75) is 75.7 Å². The molecule has 3 rings (SSSR count). The predicted octanol–water partition coefficient (Wildman–Crippen LogP) is 1.41. The van der Waals surface area contributed by atoms with Gasteiger partial charge in [-0.1, -0.05) is 19.1 Å². The van der Waals surface area contributed by atoms with Crippen LogP contribution in [-0.4, -0.2) is 69.6 Å². The van der Waals surface area contributed by atoms with Gasteiger partial charge in [0.05, 0.1) is 37.4 Å². The fourth-order valence-electron chi connectivity index (χ4n) is 4.12. The summed E-state index contributed by atoms with van der Waals surface area (Å²) in [4.78, 5) is 25.1. The summed E-state index contributed by atoms with van der Waals surface area (Å²) in [5.74, 6) is -1.70. The number of ketones is 2. The van der Waals surface area contributed by atoms with E-state index in [0.29, 0.717) is 0 Å². The van der Waals surface area contributed by atoms with Crippen LogP contribution in [0, 0.1) is 11.7 Å². The van der Waals surface area contributed by atoms with E-state index in [1.807, 2.05) is 6.92 Å². The zero-order valence-corrected chi connectivity index (χ0v) is 17.2. The summed E-state index contributed by atoms with van der Waals surface area (Å²) in [5.41, 5.74) is -1.28. The lowest BCUT2D eigenvalue weighted by molar-refractivity contribution is -0.204. The minimum Gasteiger partial charge on any atom is -0.393 e. The molecule has 30 heavy (non-hydrogen) atoms. The Bertz CT molecular complexity index is 783. The number of aliphatic hydroxyl groups excluding tert-OH is 3. The Labute approximate surface area is 174 Å². The molecule has 0 spiro atoms. The zero-order chi connectivity index (χ0) is 22.1. The van der Waals surface area contributed by atoms with Gasteiger partial charge in [0.25, 0.3) is 0 Å². The maximum atomic E-state index is 13.4. The van der Waals surface area contributed by atoms with Crippen molar-refractivity contribution in [2.75, 3.05) is 6.61 Å². The predicted molar refractivity (Wildman–Crippen MR) is 104 cm³/mol. The van der Waals surface area contributed by atoms with Gasteiger partial charge in [0.15, 0.2) is 5.78 Å². The number of hydrogen-bond acceptors (Lipinski definition) is 7. The Kier molecular flexibility index (Phi) is 7.04. The summed E-state index contributed by atoms with van der Waals surface area (Å²) in [6, 6.07) is 5.11. The first-order valence-electron chi connectivity index (χ1n) is 10.3. The highest BCUT2D eigenvalue weighted by Crippen LogP contribution is 2.42. The molecule has 0 saturated carbocycles. The van der Waals surface area contributed by atoms with Crippen molar-refractivity contribution in [2.24, 2.45) is 5.92 Å². The van der Waals surface area contributed by atoms with Crippen molar-refractivity contribution in [1.82, 2.24) is 0 Å². The van der Waals surface area contributed by atoms with Gasteiger partial charge in [-0.05, 0) is 25.5 Å². The van der Waals surface area contributed by atoms with E-state index in [9.17, 15) is 29.3 Å².